The molecule has 4 rings (SSSR count). The van der Waals surface area contributed by atoms with Crippen molar-refractivity contribution >= 4 is 22.6 Å². The molecule has 2 aliphatic heterocycles. The molecule has 0 aliphatic carbocycles. The SMILES string of the molecule is CN(C)C/C=C/C(=O)N1CC[C@H](F)[C@@H](Nc2ccnc3[nH]cc(C4CCOCC4)c23)C1. The number of hydrogen-bond donors (Lipinski definition) is 2. The van der Waals surface area contributed by atoms with Crippen LogP contribution >= 0.6 is 0 Å². The normalized spacial score (nSPS) is 23.2. The second-order valence-electron chi connectivity index (χ2n) is 8.72. The zero-order valence-electron chi connectivity index (χ0n) is 18.3. The van der Waals surface area contributed by atoms with Crippen molar-refractivity contribution in [2.24, 2.45) is 0 Å². The van der Waals surface area contributed by atoms with E-state index >= 15 is 0 Å². The van der Waals surface area contributed by atoms with Crippen molar-refractivity contribution < 1.29 is 13.9 Å². The van der Waals surface area contributed by atoms with Crippen LogP contribution in [-0.2, 0) is 9.53 Å². The van der Waals surface area contributed by atoms with Crippen molar-refractivity contribution in [3.63, 3.8) is 0 Å². The number of piperidine rings is 1. The van der Waals surface area contributed by atoms with Gasteiger partial charge in [0.1, 0.15) is 11.8 Å². The average molecular weight is 430 g/mol. The monoisotopic (exact) mass is 429 g/mol. The van der Waals surface area contributed by atoms with Gasteiger partial charge in [-0.25, -0.2) is 9.37 Å². The van der Waals surface area contributed by atoms with Crippen LogP contribution < -0.4 is 5.32 Å². The van der Waals surface area contributed by atoms with E-state index in [0.29, 0.717) is 32.0 Å². The van der Waals surface area contributed by atoms with Crippen molar-refractivity contribution in [1.82, 2.24) is 19.8 Å². The summed E-state index contributed by atoms with van der Waals surface area (Å²) in [5.41, 5.74) is 2.88. The van der Waals surface area contributed by atoms with Gasteiger partial charge in [0.05, 0.1) is 6.04 Å². The second kappa shape index (κ2) is 9.78. The average Bonchev–Trinajstić information content (AvgIpc) is 3.21. The van der Waals surface area contributed by atoms with Gasteiger partial charge in [-0.3, -0.25) is 4.79 Å². The third-order valence-electron chi connectivity index (χ3n) is 6.18. The Bertz CT molecular complexity index is 922. The zero-order valence-corrected chi connectivity index (χ0v) is 18.3. The highest BCUT2D eigenvalue weighted by molar-refractivity contribution is 5.93. The Balaban J connectivity index is 1.51. The van der Waals surface area contributed by atoms with Gasteiger partial charge in [0, 0.05) is 62.4 Å². The van der Waals surface area contributed by atoms with E-state index in [2.05, 4.69) is 15.3 Å². The Kier molecular flexibility index (Phi) is 6.87. The fraction of sp³-hybridized carbons (Fsp3) is 0.565. The Hall–Kier alpha value is -2.45. The van der Waals surface area contributed by atoms with E-state index in [1.165, 1.54) is 5.56 Å². The summed E-state index contributed by atoms with van der Waals surface area (Å²) in [7, 11) is 3.91. The summed E-state index contributed by atoms with van der Waals surface area (Å²) in [5, 5.41) is 4.43. The first kappa shape index (κ1) is 21.8. The molecule has 1 amide bonds. The summed E-state index contributed by atoms with van der Waals surface area (Å²) in [5.74, 6) is 0.338. The molecular formula is C23H32FN5O2. The van der Waals surface area contributed by atoms with Gasteiger partial charge >= 0.3 is 0 Å². The summed E-state index contributed by atoms with van der Waals surface area (Å²) in [4.78, 5) is 24.0. The topological polar surface area (TPSA) is 73.5 Å². The molecule has 7 nitrogen and oxygen atoms in total. The first-order valence-corrected chi connectivity index (χ1v) is 11.1. The lowest BCUT2D eigenvalue weighted by atomic mass is 9.91. The van der Waals surface area contributed by atoms with Gasteiger partial charge < -0.3 is 24.8 Å². The lowest BCUT2D eigenvalue weighted by molar-refractivity contribution is -0.127. The lowest BCUT2D eigenvalue weighted by Gasteiger charge is -2.35. The number of ether oxygens (including phenoxy) is 1. The number of nitrogens with one attached hydrogen (secondary N) is 2. The number of aromatic amines is 1. The number of hydrogen-bond acceptors (Lipinski definition) is 5. The first-order valence-electron chi connectivity index (χ1n) is 11.1. The van der Waals surface area contributed by atoms with E-state index in [4.69, 9.17) is 4.74 Å². The highest BCUT2D eigenvalue weighted by Crippen LogP contribution is 2.36. The van der Waals surface area contributed by atoms with Crippen molar-refractivity contribution in [2.45, 2.75) is 37.4 Å². The molecule has 0 aromatic carbocycles. The molecule has 168 valence electrons. The number of anilines is 1. The number of aromatic nitrogens is 2. The molecule has 2 aromatic heterocycles. The van der Waals surface area contributed by atoms with E-state index in [1.54, 1.807) is 17.2 Å². The van der Waals surface area contributed by atoms with Crippen molar-refractivity contribution in [3.8, 4) is 0 Å². The number of nitrogens with zero attached hydrogens (tertiary/aromatic N) is 3. The van der Waals surface area contributed by atoms with Crippen LogP contribution in [-0.4, -0.2) is 84.8 Å². The molecule has 2 aromatic rings. The van der Waals surface area contributed by atoms with Gasteiger partial charge in [-0.1, -0.05) is 6.08 Å². The number of likely N-dealkylation sites (tertiary alicyclic amines) is 1. The highest BCUT2D eigenvalue weighted by atomic mass is 19.1. The molecule has 0 radical (unpaired) electrons. The Labute approximate surface area is 182 Å². The number of rotatable bonds is 6. The van der Waals surface area contributed by atoms with Crippen LogP contribution in [0.25, 0.3) is 11.0 Å². The van der Waals surface area contributed by atoms with Crippen LogP contribution in [0.5, 0.6) is 0 Å². The smallest absolute Gasteiger partial charge is 0.246 e. The standard InChI is InChI=1S/C23H32FN5O2/c1-28(2)10-3-4-21(30)29-11-6-18(24)20(15-29)27-19-5-9-25-23-22(19)17(14-26-23)16-7-12-31-13-8-16/h3-5,9,14,16,18,20H,6-8,10-13,15H2,1-2H3,(H2,25,26,27)/b4-3+/t18-,20-/m0/s1. The molecule has 0 unspecified atom stereocenters. The van der Waals surface area contributed by atoms with Gasteiger partial charge in [-0.15, -0.1) is 0 Å². The number of amides is 1. The number of carbonyl (C=O) groups is 1. The molecule has 2 fully saturated rings. The van der Waals surface area contributed by atoms with Crippen molar-refractivity contribution in [2.75, 3.05) is 52.3 Å². The zero-order chi connectivity index (χ0) is 21.8. The maximum absolute atomic E-state index is 14.8. The van der Waals surface area contributed by atoms with Crippen LogP contribution in [0.4, 0.5) is 10.1 Å². The minimum Gasteiger partial charge on any atom is -0.381 e. The number of H-pyrrole nitrogens is 1. The summed E-state index contributed by atoms with van der Waals surface area (Å²) < 4.78 is 20.4. The van der Waals surface area contributed by atoms with Gasteiger partial charge in [0.25, 0.3) is 0 Å². The van der Waals surface area contributed by atoms with Crippen LogP contribution in [0.1, 0.15) is 30.7 Å². The molecule has 2 saturated heterocycles. The van der Waals surface area contributed by atoms with Gasteiger partial charge in [0.15, 0.2) is 0 Å². The van der Waals surface area contributed by atoms with E-state index < -0.39 is 12.2 Å². The van der Waals surface area contributed by atoms with Crippen LogP contribution in [0.15, 0.2) is 30.6 Å². The molecule has 8 heteroatoms. The fourth-order valence-electron chi connectivity index (χ4n) is 4.46. The Morgan fingerprint density at radius 3 is 2.97 bits per heavy atom. The number of pyridine rings is 1. The van der Waals surface area contributed by atoms with E-state index in [1.807, 2.05) is 37.3 Å². The van der Waals surface area contributed by atoms with Gasteiger partial charge in [-0.2, -0.15) is 0 Å². The summed E-state index contributed by atoms with van der Waals surface area (Å²) >= 11 is 0. The molecule has 4 heterocycles. The van der Waals surface area contributed by atoms with E-state index in [0.717, 1.165) is 42.8 Å². The van der Waals surface area contributed by atoms with Crippen LogP contribution in [0.2, 0.25) is 0 Å². The van der Waals surface area contributed by atoms with E-state index in [-0.39, 0.29) is 5.91 Å². The molecule has 0 saturated carbocycles. The number of halogens is 1. The molecule has 0 spiro atoms. The van der Waals surface area contributed by atoms with E-state index in [9.17, 15) is 9.18 Å². The number of fused-ring (bicyclic) bond motifs is 1. The maximum Gasteiger partial charge on any atom is 0.246 e. The van der Waals surface area contributed by atoms with Crippen LogP contribution in [0, 0.1) is 0 Å². The summed E-state index contributed by atoms with van der Waals surface area (Å²) in [6.45, 7) is 2.99. The number of carbonyl (C=O) groups excluding carboxylic acids is 1. The molecule has 31 heavy (non-hydrogen) atoms. The van der Waals surface area contributed by atoms with Crippen molar-refractivity contribution in [3.05, 3.63) is 36.2 Å². The third-order valence-corrected chi connectivity index (χ3v) is 6.18. The minimum atomic E-state index is -1.01. The predicted octanol–water partition coefficient (Wildman–Crippen LogP) is 2.93. The minimum absolute atomic E-state index is 0.0648. The Morgan fingerprint density at radius 2 is 2.19 bits per heavy atom. The number of alkyl halides is 1. The predicted molar refractivity (Wildman–Crippen MR) is 120 cm³/mol. The van der Waals surface area contributed by atoms with Gasteiger partial charge in [0.2, 0.25) is 5.91 Å². The fourth-order valence-corrected chi connectivity index (χ4v) is 4.46. The summed E-state index contributed by atoms with van der Waals surface area (Å²) in [6.07, 6.45) is 8.46. The lowest BCUT2D eigenvalue weighted by Crippen LogP contribution is -2.50. The molecular weight excluding hydrogens is 397 g/mol. The van der Waals surface area contributed by atoms with Crippen LogP contribution in [0.3, 0.4) is 0 Å². The largest absolute Gasteiger partial charge is 0.381 e. The molecule has 0 bridgehead atoms. The Morgan fingerprint density at radius 1 is 1.39 bits per heavy atom. The highest BCUT2D eigenvalue weighted by Gasteiger charge is 2.31. The van der Waals surface area contributed by atoms with Crippen molar-refractivity contribution in [1.29, 1.82) is 0 Å². The molecule has 2 N–H and O–H groups in total. The summed E-state index contributed by atoms with van der Waals surface area (Å²) in [6, 6.07) is 1.45. The second-order valence-corrected chi connectivity index (χ2v) is 8.72. The molecule has 2 atom stereocenters. The number of likely N-dealkylation sites (N-methyl/N-ethyl adjacent to an activating group) is 1. The third kappa shape index (κ3) is 5.07. The maximum atomic E-state index is 14.8. The molecule has 2 aliphatic rings. The first-order chi connectivity index (χ1) is 15.0. The van der Waals surface area contributed by atoms with Gasteiger partial charge in [-0.05, 0) is 50.9 Å². The quantitative estimate of drug-likeness (QED) is 0.691.